The first kappa shape index (κ1) is 12.9. The molecule has 106 valence electrons. The van der Waals surface area contributed by atoms with Crippen LogP contribution in [0.3, 0.4) is 0 Å². The van der Waals surface area contributed by atoms with Crippen molar-refractivity contribution in [3.8, 4) is 0 Å². The Bertz CT molecular complexity index is 535. The number of aliphatic carboxylic acids is 1. The van der Waals surface area contributed by atoms with Crippen LogP contribution in [0.1, 0.15) is 12.0 Å². The van der Waals surface area contributed by atoms with E-state index in [9.17, 15) is 14.7 Å². The van der Waals surface area contributed by atoms with Gasteiger partial charge in [0.15, 0.2) is 0 Å². The summed E-state index contributed by atoms with van der Waals surface area (Å²) in [7, 11) is 0. The lowest BCUT2D eigenvalue weighted by Crippen LogP contribution is -2.47. The lowest BCUT2D eigenvalue weighted by atomic mass is 10.1. The summed E-state index contributed by atoms with van der Waals surface area (Å²) in [6, 6.07) is 6.27. The smallest absolute Gasteiger partial charge is 0.326 e. The van der Waals surface area contributed by atoms with E-state index in [4.69, 9.17) is 5.11 Å². The number of hydrogen-bond donors (Lipinski definition) is 3. The number of rotatable bonds is 2. The monoisotopic (exact) mass is 276 g/mol. The van der Waals surface area contributed by atoms with E-state index in [1.165, 1.54) is 4.90 Å². The molecule has 0 saturated carbocycles. The molecule has 1 unspecified atom stereocenters. The average Bonchev–Trinajstić information content (AvgIpc) is 3.01. The van der Waals surface area contributed by atoms with E-state index in [2.05, 4.69) is 5.32 Å². The van der Waals surface area contributed by atoms with E-state index in [-0.39, 0.29) is 18.9 Å². The van der Waals surface area contributed by atoms with Gasteiger partial charge in [0.2, 0.25) is 5.91 Å². The van der Waals surface area contributed by atoms with Gasteiger partial charge in [-0.1, -0.05) is 18.2 Å². The lowest BCUT2D eigenvalue weighted by Gasteiger charge is -2.24. The van der Waals surface area contributed by atoms with Crippen LogP contribution in [0.5, 0.6) is 0 Å². The summed E-state index contributed by atoms with van der Waals surface area (Å²) in [4.78, 5) is 24.9. The number of benzene rings is 1. The quantitative estimate of drug-likeness (QED) is 0.711. The van der Waals surface area contributed by atoms with Gasteiger partial charge >= 0.3 is 5.97 Å². The third-order valence-corrected chi connectivity index (χ3v) is 3.92. The molecule has 0 bridgehead atoms. The van der Waals surface area contributed by atoms with E-state index >= 15 is 0 Å². The minimum atomic E-state index is -1.06. The van der Waals surface area contributed by atoms with Crippen LogP contribution in [0.15, 0.2) is 24.3 Å². The molecule has 0 radical (unpaired) electrons. The molecule has 3 rings (SSSR count). The highest BCUT2D eigenvalue weighted by Crippen LogP contribution is 2.28. The van der Waals surface area contributed by atoms with Gasteiger partial charge in [-0.3, -0.25) is 4.79 Å². The number of fused-ring (bicyclic) bond motifs is 1. The third-order valence-electron chi connectivity index (χ3n) is 3.92. The van der Waals surface area contributed by atoms with Crippen molar-refractivity contribution in [2.75, 3.05) is 11.9 Å². The van der Waals surface area contributed by atoms with E-state index in [0.29, 0.717) is 6.42 Å². The number of nitrogens with one attached hydrogen (secondary N) is 1. The van der Waals surface area contributed by atoms with Crippen LogP contribution in [-0.4, -0.2) is 51.7 Å². The molecule has 2 aliphatic heterocycles. The number of nitrogens with zero attached hydrogens (tertiary/aromatic N) is 1. The second kappa shape index (κ2) is 4.79. The van der Waals surface area contributed by atoms with Crippen LogP contribution >= 0.6 is 0 Å². The Balaban J connectivity index is 1.76. The number of hydrogen-bond acceptors (Lipinski definition) is 4. The Morgan fingerprint density at radius 3 is 2.75 bits per heavy atom. The molecule has 0 aromatic heterocycles. The summed E-state index contributed by atoms with van der Waals surface area (Å²) in [5.41, 5.74) is 1.97. The van der Waals surface area contributed by atoms with E-state index in [1.54, 1.807) is 0 Å². The van der Waals surface area contributed by atoms with Gasteiger partial charge in [-0.05, 0) is 11.6 Å². The standard InChI is InChI=1S/C14H16N2O4/c17-9-6-12(14(19)20)16(7-9)13(18)11-5-8-3-1-2-4-10(8)15-11/h1-4,9,11-12,15,17H,5-7H2,(H,19,20)/t9?,11-,12-/m0/s1. The van der Waals surface area contributed by atoms with Gasteiger partial charge in [0, 0.05) is 25.1 Å². The predicted octanol–water partition coefficient (Wildman–Crippen LogP) is 0.0696. The van der Waals surface area contributed by atoms with Crippen LogP contribution in [0.25, 0.3) is 0 Å². The zero-order chi connectivity index (χ0) is 14.3. The van der Waals surface area contributed by atoms with Crippen molar-refractivity contribution in [3.63, 3.8) is 0 Å². The Labute approximate surface area is 116 Å². The molecule has 2 aliphatic rings. The van der Waals surface area contributed by atoms with E-state index in [1.807, 2.05) is 24.3 Å². The molecule has 1 aromatic carbocycles. The second-order valence-electron chi connectivity index (χ2n) is 5.29. The molecule has 1 fully saturated rings. The first-order valence-electron chi connectivity index (χ1n) is 6.62. The van der Waals surface area contributed by atoms with Crippen molar-refractivity contribution in [1.82, 2.24) is 4.90 Å². The number of carbonyl (C=O) groups is 2. The van der Waals surface area contributed by atoms with Gasteiger partial charge in [0.25, 0.3) is 0 Å². The first-order valence-corrected chi connectivity index (χ1v) is 6.62. The van der Waals surface area contributed by atoms with E-state index < -0.39 is 24.2 Å². The van der Waals surface area contributed by atoms with Crippen molar-refractivity contribution < 1.29 is 19.8 Å². The molecule has 0 aliphatic carbocycles. The number of amides is 1. The molecule has 3 atom stereocenters. The lowest BCUT2D eigenvalue weighted by molar-refractivity contribution is -0.148. The molecule has 0 spiro atoms. The third kappa shape index (κ3) is 2.12. The fourth-order valence-corrected chi connectivity index (χ4v) is 2.94. The number of β-amino-alcohol motifs (C(OH)–C–C–N with tert-alkyl or cyclic N) is 1. The van der Waals surface area contributed by atoms with Crippen LogP contribution < -0.4 is 5.32 Å². The minimum Gasteiger partial charge on any atom is -0.480 e. The molecule has 6 heteroatoms. The van der Waals surface area contributed by atoms with Gasteiger partial charge in [0.1, 0.15) is 12.1 Å². The molecular weight excluding hydrogens is 260 g/mol. The maximum atomic E-state index is 12.5. The number of carbonyl (C=O) groups excluding carboxylic acids is 1. The van der Waals surface area contributed by atoms with Gasteiger partial charge in [0.05, 0.1) is 6.10 Å². The number of aliphatic hydroxyl groups is 1. The molecule has 1 saturated heterocycles. The van der Waals surface area contributed by atoms with Gasteiger partial charge in [-0.2, -0.15) is 0 Å². The fourth-order valence-electron chi connectivity index (χ4n) is 2.94. The number of para-hydroxylation sites is 1. The van der Waals surface area contributed by atoms with Crippen molar-refractivity contribution in [2.45, 2.75) is 31.0 Å². The minimum absolute atomic E-state index is 0.0876. The van der Waals surface area contributed by atoms with Crippen molar-refractivity contribution in [2.24, 2.45) is 0 Å². The van der Waals surface area contributed by atoms with Gasteiger partial charge in [-0.15, -0.1) is 0 Å². The number of carboxylic acids is 1. The van der Waals surface area contributed by atoms with Gasteiger partial charge < -0.3 is 20.4 Å². The predicted molar refractivity (Wildman–Crippen MR) is 71.3 cm³/mol. The zero-order valence-corrected chi connectivity index (χ0v) is 10.8. The van der Waals surface area contributed by atoms with E-state index in [0.717, 1.165) is 11.3 Å². The number of likely N-dealkylation sites (tertiary alicyclic amines) is 1. The summed E-state index contributed by atoms with van der Waals surface area (Å²) in [6.07, 6.45) is -0.113. The zero-order valence-electron chi connectivity index (χ0n) is 10.8. The molecule has 6 nitrogen and oxygen atoms in total. The van der Waals surface area contributed by atoms with Crippen molar-refractivity contribution in [3.05, 3.63) is 29.8 Å². The largest absolute Gasteiger partial charge is 0.480 e. The Morgan fingerprint density at radius 2 is 2.05 bits per heavy atom. The summed E-state index contributed by atoms with van der Waals surface area (Å²) >= 11 is 0. The normalized spacial score (nSPS) is 28.1. The molecular formula is C14H16N2O4. The highest BCUT2D eigenvalue weighted by molar-refractivity contribution is 5.91. The maximum absolute atomic E-state index is 12.5. The van der Waals surface area contributed by atoms with Crippen LogP contribution in [-0.2, 0) is 16.0 Å². The molecule has 3 N–H and O–H groups in total. The second-order valence-corrected chi connectivity index (χ2v) is 5.29. The number of carboxylic acid groups (broad SMARTS) is 1. The molecule has 1 amide bonds. The van der Waals surface area contributed by atoms with Crippen LogP contribution in [0, 0.1) is 0 Å². The van der Waals surface area contributed by atoms with Crippen molar-refractivity contribution in [1.29, 1.82) is 0 Å². The Kier molecular flexibility index (Phi) is 3.10. The molecule has 1 aromatic rings. The Morgan fingerprint density at radius 1 is 1.30 bits per heavy atom. The topological polar surface area (TPSA) is 89.9 Å². The summed E-state index contributed by atoms with van der Waals surface area (Å²) in [5, 5.41) is 21.9. The molecule has 2 heterocycles. The summed E-state index contributed by atoms with van der Waals surface area (Å²) in [5.74, 6) is -1.32. The summed E-state index contributed by atoms with van der Waals surface area (Å²) < 4.78 is 0. The maximum Gasteiger partial charge on any atom is 0.326 e. The summed E-state index contributed by atoms with van der Waals surface area (Å²) in [6.45, 7) is 0.0876. The highest BCUT2D eigenvalue weighted by atomic mass is 16.4. The van der Waals surface area contributed by atoms with Gasteiger partial charge in [-0.25, -0.2) is 4.79 Å². The molecule has 20 heavy (non-hydrogen) atoms. The van der Waals surface area contributed by atoms with Crippen LogP contribution in [0.4, 0.5) is 5.69 Å². The Hall–Kier alpha value is -2.08. The first-order chi connectivity index (χ1) is 9.56. The highest BCUT2D eigenvalue weighted by Gasteiger charge is 2.42. The number of anilines is 1. The average molecular weight is 276 g/mol. The van der Waals surface area contributed by atoms with Crippen LogP contribution in [0.2, 0.25) is 0 Å². The SMILES string of the molecule is O=C(O)[C@@H]1CC(O)CN1C(=O)[C@@H]1Cc2ccccc2N1. The fraction of sp³-hybridized carbons (Fsp3) is 0.429. The number of aliphatic hydroxyl groups excluding tert-OH is 1. The van der Waals surface area contributed by atoms with Crippen molar-refractivity contribution >= 4 is 17.6 Å².